The fourth-order valence-electron chi connectivity index (χ4n) is 3.50. The van der Waals surface area contributed by atoms with Crippen molar-refractivity contribution in [1.82, 2.24) is 10.2 Å². The van der Waals surface area contributed by atoms with E-state index in [1.54, 1.807) is 0 Å². The highest BCUT2D eigenvalue weighted by molar-refractivity contribution is 5.79. The highest BCUT2D eigenvalue weighted by atomic mass is 16.2. The number of likely N-dealkylation sites (tertiary alicyclic amines) is 1. The second-order valence-corrected chi connectivity index (χ2v) is 6.62. The number of hydrogen-bond acceptors (Lipinski definition) is 3. The molecule has 1 saturated carbocycles. The summed E-state index contributed by atoms with van der Waals surface area (Å²) in [6.07, 6.45) is 6.36. The number of carbonyl (C=O) groups excluding carboxylic acids is 2. The number of nitrogens with two attached hydrogens (primary N) is 1. The predicted octanol–water partition coefficient (Wildman–Crippen LogP) is 1.27. The minimum absolute atomic E-state index is 0.128. The van der Waals surface area contributed by atoms with E-state index in [9.17, 15) is 9.59 Å². The van der Waals surface area contributed by atoms with Crippen molar-refractivity contribution in [2.75, 3.05) is 19.6 Å². The van der Waals surface area contributed by atoms with Crippen LogP contribution in [0.5, 0.6) is 0 Å². The zero-order valence-electron chi connectivity index (χ0n) is 13.1. The lowest BCUT2D eigenvalue weighted by Gasteiger charge is -2.34. The molecule has 0 radical (unpaired) electrons. The molecule has 2 aliphatic rings. The lowest BCUT2D eigenvalue weighted by Crippen LogP contribution is -2.45. The zero-order chi connectivity index (χ0) is 15.2. The van der Waals surface area contributed by atoms with Gasteiger partial charge in [0, 0.05) is 38.0 Å². The van der Waals surface area contributed by atoms with E-state index in [4.69, 9.17) is 5.73 Å². The van der Waals surface area contributed by atoms with Gasteiger partial charge >= 0.3 is 0 Å². The molecule has 2 amide bonds. The van der Waals surface area contributed by atoms with Crippen molar-refractivity contribution in [3.05, 3.63) is 0 Å². The van der Waals surface area contributed by atoms with Gasteiger partial charge in [-0.05, 0) is 44.4 Å². The van der Waals surface area contributed by atoms with Gasteiger partial charge in [-0.3, -0.25) is 9.59 Å². The second kappa shape index (κ2) is 7.78. The predicted molar refractivity (Wildman–Crippen MR) is 82.5 cm³/mol. The lowest BCUT2D eigenvalue weighted by molar-refractivity contribution is -0.137. The average Bonchev–Trinajstić information content (AvgIpc) is 2.91. The fourth-order valence-corrected chi connectivity index (χ4v) is 3.50. The van der Waals surface area contributed by atoms with E-state index in [-0.39, 0.29) is 23.8 Å². The van der Waals surface area contributed by atoms with E-state index in [1.165, 1.54) is 0 Å². The van der Waals surface area contributed by atoms with Gasteiger partial charge in [-0.1, -0.05) is 6.92 Å². The minimum atomic E-state index is 0.128. The van der Waals surface area contributed by atoms with Crippen molar-refractivity contribution in [2.24, 2.45) is 17.6 Å². The highest BCUT2D eigenvalue weighted by Crippen LogP contribution is 2.28. The van der Waals surface area contributed by atoms with Gasteiger partial charge in [0.15, 0.2) is 0 Å². The SMILES string of the molecule is CCCC(=O)NCC1CCCN(C(=O)C2CCC(N)C2)C1. The van der Waals surface area contributed by atoms with Crippen LogP contribution in [0.15, 0.2) is 0 Å². The van der Waals surface area contributed by atoms with Crippen molar-refractivity contribution >= 4 is 11.8 Å². The van der Waals surface area contributed by atoms with Gasteiger partial charge in [0.25, 0.3) is 0 Å². The van der Waals surface area contributed by atoms with Crippen LogP contribution in [0, 0.1) is 11.8 Å². The van der Waals surface area contributed by atoms with Gasteiger partial charge in [-0.25, -0.2) is 0 Å². The Morgan fingerprint density at radius 1 is 1.29 bits per heavy atom. The van der Waals surface area contributed by atoms with Crippen LogP contribution in [0.2, 0.25) is 0 Å². The zero-order valence-corrected chi connectivity index (χ0v) is 13.1. The van der Waals surface area contributed by atoms with Crippen LogP contribution in [0.4, 0.5) is 0 Å². The van der Waals surface area contributed by atoms with Crippen molar-refractivity contribution in [3.63, 3.8) is 0 Å². The summed E-state index contributed by atoms with van der Waals surface area (Å²) in [4.78, 5) is 26.1. The summed E-state index contributed by atoms with van der Waals surface area (Å²) >= 11 is 0. The molecule has 3 unspecified atom stereocenters. The molecule has 0 bridgehead atoms. The number of nitrogens with zero attached hydrogens (tertiary/aromatic N) is 1. The first kappa shape index (κ1) is 16.3. The summed E-state index contributed by atoms with van der Waals surface area (Å²) in [7, 11) is 0. The summed E-state index contributed by atoms with van der Waals surface area (Å²) in [5.74, 6) is 0.947. The molecular formula is C16H29N3O2. The van der Waals surface area contributed by atoms with Gasteiger partial charge in [0.1, 0.15) is 0 Å². The van der Waals surface area contributed by atoms with Crippen molar-refractivity contribution < 1.29 is 9.59 Å². The molecule has 1 heterocycles. The van der Waals surface area contributed by atoms with E-state index in [0.29, 0.717) is 18.9 Å². The van der Waals surface area contributed by atoms with Crippen LogP contribution < -0.4 is 11.1 Å². The molecule has 0 aromatic rings. The van der Waals surface area contributed by atoms with E-state index >= 15 is 0 Å². The Labute approximate surface area is 127 Å². The van der Waals surface area contributed by atoms with E-state index < -0.39 is 0 Å². The maximum absolute atomic E-state index is 12.5. The molecule has 0 aromatic heterocycles. The van der Waals surface area contributed by atoms with E-state index in [2.05, 4.69) is 5.32 Å². The third-order valence-electron chi connectivity index (χ3n) is 4.72. The van der Waals surface area contributed by atoms with Crippen LogP contribution in [0.3, 0.4) is 0 Å². The number of carbonyl (C=O) groups is 2. The van der Waals surface area contributed by atoms with E-state index in [1.807, 2.05) is 11.8 Å². The Balaban J connectivity index is 1.77. The minimum Gasteiger partial charge on any atom is -0.356 e. The van der Waals surface area contributed by atoms with Crippen LogP contribution in [-0.4, -0.2) is 42.4 Å². The summed E-state index contributed by atoms with van der Waals surface area (Å²) < 4.78 is 0. The molecule has 1 aliphatic heterocycles. The lowest BCUT2D eigenvalue weighted by atomic mass is 9.96. The molecule has 5 nitrogen and oxygen atoms in total. The largest absolute Gasteiger partial charge is 0.356 e. The molecule has 1 aliphatic carbocycles. The van der Waals surface area contributed by atoms with Crippen molar-refractivity contribution in [2.45, 2.75) is 57.9 Å². The number of hydrogen-bond donors (Lipinski definition) is 2. The molecule has 5 heteroatoms. The molecular weight excluding hydrogens is 266 g/mol. The standard InChI is InChI=1S/C16H29N3O2/c1-2-4-15(20)18-10-12-5-3-8-19(11-12)16(21)13-6-7-14(17)9-13/h12-14H,2-11,17H2,1H3,(H,18,20). The first-order valence-corrected chi connectivity index (χ1v) is 8.41. The van der Waals surface area contributed by atoms with Gasteiger partial charge < -0.3 is 16.0 Å². The molecule has 120 valence electrons. The molecule has 2 fully saturated rings. The van der Waals surface area contributed by atoms with Gasteiger partial charge in [0.2, 0.25) is 11.8 Å². The van der Waals surface area contributed by atoms with Gasteiger partial charge in [-0.15, -0.1) is 0 Å². The van der Waals surface area contributed by atoms with Crippen LogP contribution in [-0.2, 0) is 9.59 Å². The van der Waals surface area contributed by atoms with Crippen LogP contribution >= 0.6 is 0 Å². The molecule has 3 atom stereocenters. The van der Waals surface area contributed by atoms with Gasteiger partial charge in [0.05, 0.1) is 0 Å². The summed E-state index contributed by atoms with van der Waals surface area (Å²) in [6, 6.07) is 0.202. The second-order valence-electron chi connectivity index (χ2n) is 6.62. The third-order valence-corrected chi connectivity index (χ3v) is 4.72. The number of piperidine rings is 1. The van der Waals surface area contributed by atoms with Gasteiger partial charge in [-0.2, -0.15) is 0 Å². The third kappa shape index (κ3) is 4.70. The Morgan fingerprint density at radius 2 is 2.10 bits per heavy atom. The Hall–Kier alpha value is -1.10. The summed E-state index contributed by atoms with van der Waals surface area (Å²) in [6.45, 7) is 4.36. The monoisotopic (exact) mass is 295 g/mol. The molecule has 2 rings (SSSR count). The van der Waals surface area contributed by atoms with Crippen molar-refractivity contribution in [1.29, 1.82) is 0 Å². The fraction of sp³-hybridized carbons (Fsp3) is 0.875. The quantitative estimate of drug-likeness (QED) is 0.802. The normalized spacial score (nSPS) is 29.4. The first-order valence-electron chi connectivity index (χ1n) is 8.41. The van der Waals surface area contributed by atoms with Crippen LogP contribution in [0.1, 0.15) is 51.9 Å². The summed E-state index contributed by atoms with van der Waals surface area (Å²) in [5.41, 5.74) is 5.91. The van der Waals surface area contributed by atoms with E-state index in [0.717, 1.165) is 51.6 Å². The highest BCUT2D eigenvalue weighted by Gasteiger charge is 2.33. The number of rotatable bonds is 5. The topological polar surface area (TPSA) is 75.4 Å². The number of amides is 2. The maximum Gasteiger partial charge on any atom is 0.225 e. The Kier molecular flexibility index (Phi) is 6.03. The van der Waals surface area contributed by atoms with Crippen LogP contribution in [0.25, 0.3) is 0 Å². The number of nitrogens with one attached hydrogen (secondary N) is 1. The molecule has 1 saturated heterocycles. The average molecular weight is 295 g/mol. The molecule has 21 heavy (non-hydrogen) atoms. The Morgan fingerprint density at radius 3 is 2.76 bits per heavy atom. The van der Waals surface area contributed by atoms with Crippen molar-refractivity contribution in [3.8, 4) is 0 Å². The Bertz CT molecular complexity index is 373. The summed E-state index contributed by atoms with van der Waals surface area (Å²) in [5, 5.41) is 2.99. The molecule has 0 aromatic carbocycles. The maximum atomic E-state index is 12.5. The first-order chi connectivity index (χ1) is 10.1. The molecule has 3 N–H and O–H groups in total. The molecule has 0 spiro atoms. The smallest absolute Gasteiger partial charge is 0.225 e.